The van der Waals surface area contributed by atoms with E-state index in [1.54, 1.807) is 19.1 Å². The van der Waals surface area contributed by atoms with Gasteiger partial charge in [0.2, 0.25) is 18.1 Å². The third kappa shape index (κ3) is 11.9. The predicted molar refractivity (Wildman–Crippen MR) is 182 cm³/mol. The average Bonchev–Trinajstić information content (AvgIpc) is 3.44. The van der Waals surface area contributed by atoms with Gasteiger partial charge < -0.3 is 66.3 Å². The Morgan fingerprint density at radius 2 is 1.04 bits per heavy atom. The first kappa shape index (κ1) is 44.5. The third-order valence-electron chi connectivity index (χ3n) is 8.06. The molecule has 1 unspecified atom stereocenters. The van der Waals surface area contributed by atoms with Crippen LogP contribution >= 0.6 is 0 Å². The SMILES string of the molecule is CCOC1(C)Oc2cccc(O[C@@H]3O[C@H](COC(C)=O)[C@@H](O[C@@H]4O[C@H](COC(C)=O)[C@H](OC(C)=O)[C@H](OC(C)=O)[C@H]4OC(C)=O)[C@H](OC(C)=O)[C@H]3OC(C)=O)c2O1. The first-order valence-corrected chi connectivity index (χ1v) is 17.7. The van der Waals surface area contributed by atoms with Crippen molar-refractivity contribution in [1.82, 2.24) is 0 Å². The van der Waals surface area contributed by atoms with Gasteiger partial charge in [0.05, 0.1) is 6.61 Å². The van der Waals surface area contributed by atoms with E-state index in [1.807, 2.05) is 0 Å². The molecule has 0 amide bonds. The van der Waals surface area contributed by atoms with Crippen LogP contribution in [0.2, 0.25) is 0 Å². The molecule has 2 saturated heterocycles. The van der Waals surface area contributed by atoms with Gasteiger partial charge in [0.15, 0.2) is 42.2 Å². The highest BCUT2D eigenvalue weighted by Crippen LogP contribution is 2.47. The summed E-state index contributed by atoms with van der Waals surface area (Å²) in [6.45, 7) is 9.71. The fourth-order valence-corrected chi connectivity index (χ4v) is 6.19. The van der Waals surface area contributed by atoms with Crippen molar-refractivity contribution in [1.29, 1.82) is 0 Å². The van der Waals surface area contributed by atoms with E-state index in [4.69, 9.17) is 66.3 Å². The van der Waals surface area contributed by atoms with Crippen molar-refractivity contribution in [3.63, 3.8) is 0 Å². The van der Waals surface area contributed by atoms with E-state index in [0.717, 1.165) is 48.5 Å². The van der Waals surface area contributed by atoms with Gasteiger partial charge in [0, 0.05) is 55.4 Å². The molecular weight excluding hydrogens is 768 g/mol. The van der Waals surface area contributed by atoms with Gasteiger partial charge >= 0.3 is 47.8 Å². The second-order valence-electron chi connectivity index (χ2n) is 12.9. The van der Waals surface area contributed by atoms with Gasteiger partial charge in [0.1, 0.15) is 31.5 Å². The normalized spacial score (nSPS) is 30.2. The summed E-state index contributed by atoms with van der Waals surface area (Å²) in [6.07, 6.45) is -16.3. The molecule has 1 aromatic carbocycles. The molecule has 0 saturated carbocycles. The van der Waals surface area contributed by atoms with Crippen molar-refractivity contribution in [2.24, 2.45) is 0 Å². The molecule has 2 fully saturated rings. The van der Waals surface area contributed by atoms with Crippen molar-refractivity contribution in [2.45, 2.75) is 130 Å². The van der Waals surface area contributed by atoms with Crippen LogP contribution in [0, 0.1) is 0 Å². The maximum absolute atomic E-state index is 12.7. The number of ether oxygens (including phenoxy) is 14. The molecular formula is C36H46O21. The summed E-state index contributed by atoms with van der Waals surface area (Å²) in [7, 11) is 0. The molecule has 4 rings (SSSR count). The van der Waals surface area contributed by atoms with Crippen molar-refractivity contribution >= 4 is 41.8 Å². The van der Waals surface area contributed by atoms with Gasteiger partial charge in [-0.05, 0) is 19.1 Å². The van der Waals surface area contributed by atoms with Gasteiger partial charge in [-0.2, -0.15) is 0 Å². The first-order valence-electron chi connectivity index (χ1n) is 17.7. The Kier molecular flexibility index (Phi) is 15.0. The van der Waals surface area contributed by atoms with Crippen LogP contribution in [0.4, 0.5) is 0 Å². The van der Waals surface area contributed by atoms with Crippen LogP contribution in [0.25, 0.3) is 0 Å². The molecule has 57 heavy (non-hydrogen) atoms. The van der Waals surface area contributed by atoms with Crippen LogP contribution in [0.5, 0.6) is 17.2 Å². The second kappa shape index (κ2) is 19.3. The Labute approximate surface area is 326 Å². The summed E-state index contributed by atoms with van der Waals surface area (Å²) < 4.78 is 80.5. The van der Waals surface area contributed by atoms with Gasteiger partial charge in [-0.3, -0.25) is 33.6 Å². The molecule has 316 valence electrons. The minimum atomic E-state index is -1.84. The number of hydrogen-bond acceptors (Lipinski definition) is 21. The number of hydrogen-bond donors (Lipinski definition) is 0. The molecule has 0 radical (unpaired) electrons. The highest BCUT2D eigenvalue weighted by molar-refractivity contribution is 5.69. The van der Waals surface area contributed by atoms with E-state index < -0.39 is 122 Å². The summed E-state index contributed by atoms with van der Waals surface area (Å²) in [5, 5.41) is 0. The van der Waals surface area contributed by atoms with Crippen molar-refractivity contribution in [2.75, 3.05) is 19.8 Å². The summed E-state index contributed by atoms with van der Waals surface area (Å²) in [5.41, 5.74) is 0. The van der Waals surface area contributed by atoms with E-state index in [1.165, 1.54) is 13.0 Å². The Balaban J connectivity index is 1.82. The van der Waals surface area contributed by atoms with E-state index in [-0.39, 0.29) is 23.9 Å². The maximum Gasteiger partial charge on any atom is 0.369 e. The summed E-state index contributed by atoms with van der Waals surface area (Å²) in [4.78, 5) is 86.5. The molecule has 0 aliphatic carbocycles. The second-order valence-corrected chi connectivity index (χ2v) is 12.9. The summed E-state index contributed by atoms with van der Waals surface area (Å²) >= 11 is 0. The van der Waals surface area contributed by atoms with E-state index in [9.17, 15) is 33.6 Å². The lowest BCUT2D eigenvalue weighted by atomic mass is 9.96. The Morgan fingerprint density at radius 1 is 0.579 bits per heavy atom. The summed E-state index contributed by atoms with van der Waals surface area (Å²) in [6, 6.07) is 4.63. The highest BCUT2D eigenvalue weighted by atomic mass is 16.9. The van der Waals surface area contributed by atoms with E-state index >= 15 is 0 Å². The molecule has 3 heterocycles. The number of esters is 7. The van der Waals surface area contributed by atoms with Crippen LogP contribution < -0.4 is 14.2 Å². The molecule has 3 aliphatic rings. The monoisotopic (exact) mass is 814 g/mol. The molecule has 0 N–H and O–H groups in total. The van der Waals surface area contributed by atoms with Gasteiger partial charge in [-0.1, -0.05) is 6.07 Å². The third-order valence-corrected chi connectivity index (χ3v) is 8.06. The fourth-order valence-electron chi connectivity index (χ4n) is 6.19. The maximum atomic E-state index is 12.7. The lowest BCUT2D eigenvalue weighted by Gasteiger charge is -2.48. The number of carbonyl (C=O) groups excluding carboxylic acids is 7. The van der Waals surface area contributed by atoms with E-state index in [2.05, 4.69) is 0 Å². The molecule has 0 bridgehead atoms. The van der Waals surface area contributed by atoms with Gasteiger partial charge in [0.25, 0.3) is 0 Å². The fraction of sp³-hybridized carbons (Fsp3) is 0.639. The Hall–Kier alpha value is -5.25. The van der Waals surface area contributed by atoms with Crippen LogP contribution in [-0.2, 0) is 85.7 Å². The highest BCUT2D eigenvalue weighted by Gasteiger charge is 2.58. The molecule has 0 spiro atoms. The zero-order valence-corrected chi connectivity index (χ0v) is 32.7. The minimum absolute atomic E-state index is 0.00449. The summed E-state index contributed by atoms with van der Waals surface area (Å²) in [5.74, 6) is -7.27. The van der Waals surface area contributed by atoms with Crippen molar-refractivity contribution in [3.8, 4) is 17.2 Å². The molecule has 21 heteroatoms. The molecule has 3 aliphatic heterocycles. The quantitative estimate of drug-likeness (QED) is 0.178. The van der Waals surface area contributed by atoms with Crippen LogP contribution in [0.15, 0.2) is 18.2 Å². The first-order chi connectivity index (χ1) is 26.8. The topological polar surface area (TPSA) is 249 Å². The average molecular weight is 815 g/mol. The molecule has 1 aromatic rings. The van der Waals surface area contributed by atoms with Gasteiger partial charge in [-0.25, -0.2) is 0 Å². The number of benzene rings is 1. The lowest BCUT2D eigenvalue weighted by molar-refractivity contribution is -0.354. The number of fused-ring (bicyclic) bond motifs is 1. The number of para-hydroxylation sites is 1. The van der Waals surface area contributed by atoms with Crippen LogP contribution in [-0.4, -0.2) is 129 Å². The number of carbonyl (C=O) groups is 7. The molecule has 11 atom stereocenters. The van der Waals surface area contributed by atoms with Crippen LogP contribution in [0.3, 0.4) is 0 Å². The zero-order valence-electron chi connectivity index (χ0n) is 32.7. The van der Waals surface area contributed by atoms with Gasteiger partial charge in [-0.15, -0.1) is 0 Å². The zero-order chi connectivity index (χ0) is 42.2. The molecule has 0 aromatic heterocycles. The van der Waals surface area contributed by atoms with Crippen LogP contribution in [0.1, 0.15) is 62.3 Å². The largest absolute Gasteiger partial charge is 0.463 e. The van der Waals surface area contributed by atoms with E-state index in [0.29, 0.717) is 0 Å². The van der Waals surface area contributed by atoms with Crippen molar-refractivity contribution in [3.05, 3.63) is 18.2 Å². The van der Waals surface area contributed by atoms with Crippen molar-refractivity contribution < 1.29 is 99.9 Å². The lowest BCUT2D eigenvalue weighted by Crippen LogP contribution is -2.67. The predicted octanol–water partition coefficient (Wildman–Crippen LogP) is 1.17. The Morgan fingerprint density at radius 3 is 1.54 bits per heavy atom. The molecule has 21 nitrogen and oxygen atoms in total. The number of rotatable bonds is 15. The standard InChI is InChI=1S/C36H46O21/c1-10-46-36(9)56-24-13-11-12-23(27(24)57-36)52-34-32(50-21(7)42)31(49-20(6)41)29(26(53-34)15-45-17(3)38)55-35-33(51-22(8)43)30(48-19(5)40)28(47-18(4)39)25(54-35)14-44-16(2)37/h11-13,25-26,28-35H,10,14-15H2,1-9H3/t25-,26-,28+,29-,30+,31+,32-,33-,34-,35+,36?/m1/s1. The smallest absolute Gasteiger partial charge is 0.369 e. The Bertz CT molecular complexity index is 1660. The minimum Gasteiger partial charge on any atom is -0.463 e.